The molecular formula is C9H8N4O4S. The van der Waals surface area contributed by atoms with E-state index < -0.39 is 4.92 Å². The van der Waals surface area contributed by atoms with Crippen molar-refractivity contribution in [3.8, 4) is 11.5 Å². The summed E-state index contributed by atoms with van der Waals surface area (Å²) in [6.07, 6.45) is 1.24. The average Bonchev–Trinajstić information content (AvgIpc) is 2.74. The Kier molecular flexibility index (Phi) is 3.24. The van der Waals surface area contributed by atoms with Crippen LogP contribution in [0, 0.1) is 10.1 Å². The number of nitrogens with one attached hydrogen (secondary N) is 1. The molecular weight excluding hydrogens is 260 g/mol. The van der Waals surface area contributed by atoms with Crippen molar-refractivity contribution in [1.29, 1.82) is 0 Å². The average molecular weight is 268 g/mol. The van der Waals surface area contributed by atoms with Crippen LogP contribution in [0.15, 0.2) is 17.2 Å². The zero-order chi connectivity index (χ0) is 13.1. The number of rotatable bonds is 3. The number of hydrogen-bond acceptors (Lipinski definition) is 6. The topological polar surface area (TPSA) is 112 Å². The first-order chi connectivity index (χ1) is 8.58. The maximum Gasteiger partial charge on any atom is 0.282 e. The fraction of sp³-hybridized carbons (Fsp3) is 0.111. The number of nitrogens with two attached hydrogens (primary N) is 1. The van der Waals surface area contributed by atoms with E-state index in [1.165, 1.54) is 18.3 Å². The molecule has 0 aliphatic carbocycles. The minimum absolute atomic E-state index is 0.0327. The largest absolute Gasteiger partial charge is 0.454 e. The predicted molar refractivity (Wildman–Crippen MR) is 66.7 cm³/mol. The summed E-state index contributed by atoms with van der Waals surface area (Å²) in [4.78, 5) is 10.4. The molecule has 1 aromatic rings. The summed E-state index contributed by atoms with van der Waals surface area (Å²) < 4.78 is 10.2. The van der Waals surface area contributed by atoms with E-state index in [2.05, 4.69) is 22.7 Å². The molecule has 0 unspecified atom stereocenters. The fourth-order valence-electron chi connectivity index (χ4n) is 1.37. The van der Waals surface area contributed by atoms with Gasteiger partial charge in [0.05, 0.1) is 22.8 Å². The van der Waals surface area contributed by atoms with Crippen LogP contribution in [0.4, 0.5) is 5.69 Å². The zero-order valence-corrected chi connectivity index (χ0v) is 9.77. The molecule has 1 heterocycles. The van der Waals surface area contributed by atoms with Crippen molar-refractivity contribution in [2.24, 2.45) is 10.8 Å². The molecule has 0 atom stereocenters. The normalized spacial score (nSPS) is 12.7. The van der Waals surface area contributed by atoms with Gasteiger partial charge in [-0.2, -0.15) is 5.10 Å². The minimum atomic E-state index is -0.538. The van der Waals surface area contributed by atoms with Crippen molar-refractivity contribution in [1.82, 2.24) is 5.43 Å². The van der Waals surface area contributed by atoms with Gasteiger partial charge in [-0.25, -0.2) is 0 Å². The van der Waals surface area contributed by atoms with Gasteiger partial charge in [-0.3, -0.25) is 15.5 Å². The summed E-state index contributed by atoms with van der Waals surface area (Å²) in [7, 11) is 0. The second kappa shape index (κ2) is 4.84. The molecule has 0 saturated heterocycles. The standard InChI is InChI=1S/C9H8N4O4S/c10-9(18)12-11-3-5-1-7-8(17-4-16-7)2-6(5)13(14)15/h1-3H,4H2,(H3,10,12,18). The second-order valence-corrected chi connectivity index (χ2v) is 3.70. The molecule has 1 aromatic carbocycles. The molecule has 1 aliphatic heterocycles. The number of hydrazone groups is 1. The second-order valence-electron chi connectivity index (χ2n) is 3.26. The molecule has 1 aliphatic rings. The highest BCUT2D eigenvalue weighted by Crippen LogP contribution is 2.37. The number of hydrogen-bond donors (Lipinski definition) is 2. The molecule has 0 fully saturated rings. The lowest BCUT2D eigenvalue weighted by Gasteiger charge is -2.00. The third kappa shape index (κ3) is 2.46. The first-order valence-corrected chi connectivity index (χ1v) is 5.15. The van der Waals surface area contributed by atoms with E-state index in [-0.39, 0.29) is 23.2 Å². The lowest BCUT2D eigenvalue weighted by atomic mass is 10.1. The lowest BCUT2D eigenvalue weighted by Crippen LogP contribution is -2.24. The van der Waals surface area contributed by atoms with E-state index >= 15 is 0 Å². The number of fused-ring (bicyclic) bond motifs is 1. The molecule has 0 amide bonds. The van der Waals surface area contributed by atoms with Crippen LogP contribution < -0.4 is 20.6 Å². The Morgan fingerprint density at radius 3 is 2.83 bits per heavy atom. The quantitative estimate of drug-likeness (QED) is 0.355. The molecule has 0 radical (unpaired) electrons. The van der Waals surface area contributed by atoms with Crippen molar-refractivity contribution in [3.63, 3.8) is 0 Å². The maximum atomic E-state index is 10.9. The van der Waals surface area contributed by atoms with Crippen molar-refractivity contribution < 1.29 is 14.4 Å². The van der Waals surface area contributed by atoms with Gasteiger partial charge in [0.2, 0.25) is 6.79 Å². The maximum absolute atomic E-state index is 10.9. The third-order valence-electron chi connectivity index (χ3n) is 2.10. The molecule has 8 nitrogen and oxygen atoms in total. The number of nitro benzene ring substituents is 1. The summed E-state index contributed by atoms with van der Waals surface area (Å²) >= 11 is 4.55. The molecule has 0 spiro atoms. The third-order valence-corrected chi connectivity index (χ3v) is 2.19. The summed E-state index contributed by atoms with van der Waals surface area (Å²) in [5, 5.41) is 14.5. The van der Waals surface area contributed by atoms with Crippen LogP contribution in [-0.4, -0.2) is 23.0 Å². The Hall–Kier alpha value is -2.42. The van der Waals surface area contributed by atoms with E-state index in [9.17, 15) is 10.1 Å². The van der Waals surface area contributed by atoms with Gasteiger partial charge in [-0.1, -0.05) is 0 Å². The van der Waals surface area contributed by atoms with Gasteiger partial charge >= 0.3 is 0 Å². The molecule has 3 N–H and O–H groups in total. The smallest absolute Gasteiger partial charge is 0.282 e. The number of nitrogens with zero attached hydrogens (tertiary/aromatic N) is 2. The van der Waals surface area contributed by atoms with Gasteiger partial charge < -0.3 is 15.2 Å². The van der Waals surface area contributed by atoms with Crippen LogP contribution in [0.3, 0.4) is 0 Å². The van der Waals surface area contributed by atoms with E-state index in [4.69, 9.17) is 15.2 Å². The summed E-state index contributed by atoms with van der Waals surface area (Å²) in [6.45, 7) is 0.0399. The summed E-state index contributed by atoms with van der Waals surface area (Å²) in [6, 6.07) is 2.75. The van der Waals surface area contributed by atoms with E-state index in [1.807, 2.05) is 0 Å². The molecule has 0 bridgehead atoms. The molecule has 0 saturated carbocycles. The number of benzene rings is 1. The van der Waals surface area contributed by atoms with Crippen molar-refractivity contribution in [2.45, 2.75) is 0 Å². The number of thiocarbonyl (C=S) groups is 1. The van der Waals surface area contributed by atoms with E-state index in [0.29, 0.717) is 11.5 Å². The highest BCUT2D eigenvalue weighted by Gasteiger charge is 2.22. The van der Waals surface area contributed by atoms with Crippen LogP contribution in [-0.2, 0) is 0 Å². The first-order valence-electron chi connectivity index (χ1n) is 4.74. The summed E-state index contributed by atoms with van der Waals surface area (Å²) in [5.74, 6) is 0.763. The van der Waals surface area contributed by atoms with E-state index in [0.717, 1.165) is 0 Å². The van der Waals surface area contributed by atoms with E-state index in [1.54, 1.807) is 0 Å². The van der Waals surface area contributed by atoms with Crippen LogP contribution in [0.25, 0.3) is 0 Å². The molecule has 2 rings (SSSR count). The highest BCUT2D eigenvalue weighted by molar-refractivity contribution is 7.80. The van der Waals surface area contributed by atoms with Crippen LogP contribution in [0.1, 0.15) is 5.56 Å². The molecule has 94 valence electrons. The molecule has 0 aromatic heterocycles. The van der Waals surface area contributed by atoms with Crippen molar-refractivity contribution >= 4 is 29.2 Å². The Bertz CT molecular complexity index is 546. The number of nitro groups is 1. The van der Waals surface area contributed by atoms with Crippen LogP contribution >= 0.6 is 12.2 Å². The van der Waals surface area contributed by atoms with Gasteiger partial charge in [-0.05, 0) is 18.3 Å². The van der Waals surface area contributed by atoms with Crippen molar-refractivity contribution in [2.75, 3.05) is 6.79 Å². The Labute approximate surface area is 107 Å². The summed E-state index contributed by atoms with van der Waals surface area (Å²) in [5.41, 5.74) is 7.60. The van der Waals surface area contributed by atoms with Gasteiger partial charge in [-0.15, -0.1) is 0 Å². The van der Waals surface area contributed by atoms with Gasteiger partial charge in [0.25, 0.3) is 5.69 Å². The van der Waals surface area contributed by atoms with Gasteiger partial charge in [0, 0.05) is 0 Å². The van der Waals surface area contributed by atoms with Crippen LogP contribution in [0.2, 0.25) is 0 Å². The first kappa shape index (κ1) is 12.0. The SMILES string of the molecule is NC(=S)NN=Cc1cc2c(cc1[N+](=O)[O-])OCO2. The zero-order valence-electron chi connectivity index (χ0n) is 8.95. The van der Waals surface area contributed by atoms with Gasteiger partial charge in [0.1, 0.15) is 0 Å². The van der Waals surface area contributed by atoms with Crippen LogP contribution in [0.5, 0.6) is 11.5 Å². The predicted octanol–water partition coefficient (Wildman–Crippen LogP) is 0.491. The molecule has 9 heteroatoms. The van der Waals surface area contributed by atoms with Gasteiger partial charge in [0.15, 0.2) is 16.6 Å². The van der Waals surface area contributed by atoms with Crippen molar-refractivity contribution in [3.05, 3.63) is 27.8 Å². The fourth-order valence-corrected chi connectivity index (χ4v) is 1.43. The number of ether oxygens (including phenoxy) is 2. The minimum Gasteiger partial charge on any atom is -0.454 e. The lowest BCUT2D eigenvalue weighted by molar-refractivity contribution is -0.385. The Morgan fingerprint density at radius 1 is 1.56 bits per heavy atom. The Morgan fingerprint density at radius 2 is 2.22 bits per heavy atom. The highest BCUT2D eigenvalue weighted by atomic mass is 32.1. The monoisotopic (exact) mass is 268 g/mol. The Balaban J connectivity index is 2.35. The molecule has 18 heavy (non-hydrogen) atoms.